The Labute approximate surface area is 141 Å². The number of nitrogens with one attached hydrogen (secondary N) is 2. The summed E-state index contributed by atoms with van der Waals surface area (Å²) in [4.78, 5) is 24.2. The summed E-state index contributed by atoms with van der Waals surface area (Å²) in [7, 11) is 1.58. The zero-order chi connectivity index (χ0) is 17.1. The molecule has 0 spiro atoms. The normalized spacial score (nSPS) is 13.2. The first-order chi connectivity index (χ1) is 11.6. The minimum atomic E-state index is -0.207. The summed E-state index contributed by atoms with van der Waals surface area (Å²) in [6, 6.07) is 12.4. The first-order valence-electron chi connectivity index (χ1n) is 7.94. The maximum absolute atomic E-state index is 12.3. The van der Waals surface area contributed by atoms with Gasteiger partial charge in [-0.2, -0.15) is 0 Å². The van der Waals surface area contributed by atoms with Gasteiger partial charge in [0, 0.05) is 22.9 Å². The van der Waals surface area contributed by atoms with Gasteiger partial charge in [0.2, 0.25) is 5.91 Å². The molecule has 0 aliphatic heterocycles. The molecule has 24 heavy (non-hydrogen) atoms. The molecule has 0 bridgehead atoms. The maximum Gasteiger partial charge on any atom is 0.255 e. The third-order valence-electron chi connectivity index (χ3n) is 4.05. The van der Waals surface area contributed by atoms with E-state index < -0.39 is 0 Å². The second-order valence-corrected chi connectivity index (χ2v) is 5.98. The lowest BCUT2D eigenvalue weighted by molar-refractivity contribution is -0.117. The van der Waals surface area contributed by atoms with Crippen molar-refractivity contribution in [1.29, 1.82) is 0 Å². The van der Waals surface area contributed by atoms with Crippen LogP contribution in [0.1, 0.15) is 28.8 Å². The second kappa shape index (κ2) is 6.74. The lowest BCUT2D eigenvalue weighted by Crippen LogP contribution is -2.15. The van der Waals surface area contributed by atoms with Gasteiger partial charge < -0.3 is 15.4 Å². The average Bonchev–Trinajstić information content (AvgIpc) is 3.43. The van der Waals surface area contributed by atoms with Crippen LogP contribution in [-0.2, 0) is 4.79 Å². The predicted octanol–water partition coefficient (Wildman–Crippen LogP) is 3.60. The van der Waals surface area contributed by atoms with E-state index in [0.717, 1.165) is 24.1 Å². The molecule has 1 aliphatic rings. The summed E-state index contributed by atoms with van der Waals surface area (Å²) in [5.41, 5.74) is 2.89. The summed E-state index contributed by atoms with van der Waals surface area (Å²) in [6.45, 7) is 1.93. The van der Waals surface area contributed by atoms with Crippen LogP contribution in [0.2, 0.25) is 0 Å². The SMILES string of the molecule is COc1ccc(C(=O)Nc2ccc(C)c(NC(=O)C3CC3)c2)cc1. The molecule has 0 atom stereocenters. The van der Waals surface area contributed by atoms with E-state index in [0.29, 0.717) is 17.0 Å². The van der Waals surface area contributed by atoms with Crippen molar-refractivity contribution in [2.75, 3.05) is 17.7 Å². The molecule has 2 amide bonds. The Kier molecular flexibility index (Phi) is 4.51. The molecular weight excluding hydrogens is 304 g/mol. The van der Waals surface area contributed by atoms with Gasteiger partial charge in [0.25, 0.3) is 5.91 Å². The third kappa shape index (κ3) is 3.74. The number of methoxy groups -OCH3 is 1. The number of carbonyl (C=O) groups is 2. The average molecular weight is 324 g/mol. The molecule has 0 saturated heterocycles. The number of hydrogen-bond donors (Lipinski definition) is 2. The van der Waals surface area contributed by atoms with Crippen LogP contribution in [0.4, 0.5) is 11.4 Å². The summed E-state index contributed by atoms with van der Waals surface area (Å²) in [5.74, 6) is 0.687. The van der Waals surface area contributed by atoms with Crippen molar-refractivity contribution >= 4 is 23.2 Å². The van der Waals surface area contributed by atoms with E-state index in [9.17, 15) is 9.59 Å². The number of benzene rings is 2. The van der Waals surface area contributed by atoms with Crippen molar-refractivity contribution in [1.82, 2.24) is 0 Å². The molecule has 1 aliphatic carbocycles. The third-order valence-corrected chi connectivity index (χ3v) is 4.05. The molecule has 1 saturated carbocycles. The second-order valence-electron chi connectivity index (χ2n) is 5.98. The number of carbonyl (C=O) groups excluding carboxylic acids is 2. The molecule has 2 N–H and O–H groups in total. The van der Waals surface area contributed by atoms with E-state index in [1.54, 1.807) is 37.4 Å². The van der Waals surface area contributed by atoms with Crippen LogP contribution in [0.25, 0.3) is 0 Å². The molecular formula is C19H20N2O3. The minimum absolute atomic E-state index is 0.0525. The molecule has 0 aromatic heterocycles. The standard InChI is InChI=1S/C19H20N2O3/c1-12-3-8-15(11-17(12)21-19(23)13-4-5-13)20-18(22)14-6-9-16(24-2)10-7-14/h3,6-11,13H,4-5H2,1-2H3,(H,20,22)(H,21,23). The van der Waals surface area contributed by atoms with Crippen molar-refractivity contribution in [2.24, 2.45) is 5.92 Å². The number of rotatable bonds is 5. The fraction of sp³-hybridized carbons (Fsp3) is 0.263. The van der Waals surface area contributed by atoms with Gasteiger partial charge in [0.05, 0.1) is 7.11 Å². The number of hydrogen-bond acceptors (Lipinski definition) is 3. The van der Waals surface area contributed by atoms with Gasteiger partial charge in [-0.05, 0) is 61.7 Å². The van der Waals surface area contributed by atoms with Crippen LogP contribution >= 0.6 is 0 Å². The van der Waals surface area contributed by atoms with Crippen molar-refractivity contribution in [2.45, 2.75) is 19.8 Å². The van der Waals surface area contributed by atoms with Gasteiger partial charge in [-0.3, -0.25) is 9.59 Å². The number of aryl methyl sites for hydroxylation is 1. The van der Waals surface area contributed by atoms with Gasteiger partial charge in [0.1, 0.15) is 5.75 Å². The Balaban J connectivity index is 1.71. The quantitative estimate of drug-likeness (QED) is 0.883. The molecule has 5 heteroatoms. The summed E-state index contributed by atoms with van der Waals surface area (Å²) >= 11 is 0. The van der Waals surface area contributed by atoms with Gasteiger partial charge in [-0.25, -0.2) is 0 Å². The lowest BCUT2D eigenvalue weighted by Gasteiger charge is -2.11. The number of amides is 2. The first kappa shape index (κ1) is 16.1. The van der Waals surface area contributed by atoms with Crippen LogP contribution in [0.5, 0.6) is 5.75 Å². The molecule has 0 unspecified atom stereocenters. The van der Waals surface area contributed by atoms with E-state index in [1.807, 2.05) is 19.1 Å². The molecule has 0 heterocycles. The zero-order valence-corrected chi connectivity index (χ0v) is 13.8. The van der Waals surface area contributed by atoms with E-state index in [2.05, 4.69) is 10.6 Å². The molecule has 1 fully saturated rings. The van der Waals surface area contributed by atoms with Crippen LogP contribution < -0.4 is 15.4 Å². The zero-order valence-electron chi connectivity index (χ0n) is 13.8. The van der Waals surface area contributed by atoms with Crippen LogP contribution in [0.15, 0.2) is 42.5 Å². The topological polar surface area (TPSA) is 67.4 Å². The van der Waals surface area contributed by atoms with Gasteiger partial charge in [-0.1, -0.05) is 6.07 Å². The largest absolute Gasteiger partial charge is 0.497 e. The van der Waals surface area contributed by atoms with Crippen molar-refractivity contribution in [3.8, 4) is 5.75 Å². The fourth-order valence-electron chi connectivity index (χ4n) is 2.36. The van der Waals surface area contributed by atoms with E-state index in [1.165, 1.54) is 0 Å². The van der Waals surface area contributed by atoms with Crippen molar-refractivity contribution < 1.29 is 14.3 Å². The molecule has 5 nitrogen and oxygen atoms in total. The Morgan fingerprint density at radius 2 is 1.75 bits per heavy atom. The smallest absolute Gasteiger partial charge is 0.255 e. The Morgan fingerprint density at radius 1 is 1.04 bits per heavy atom. The highest BCUT2D eigenvalue weighted by molar-refractivity contribution is 6.05. The fourth-order valence-corrected chi connectivity index (χ4v) is 2.36. The molecule has 3 rings (SSSR count). The van der Waals surface area contributed by atoms with E-state index in [-0.39, 0.29) is 17.7 Å². The van der Waals surface area contributed by atoms with E-state index >= 15 is 0 Å². The highest BCUT2D eigenvalue weighted by atomic mass is 16.5. The molecule has 124 valence electrons. The lowest BCUT2D eigenvalue weighted by atomic mass is 10.1. The van der Waals surface area contributed by atoms with Gasteiger partial charge >= 0.3 is 0 Å². The Morgan fingerprint density at radius 3 is 2.38 bits per heavy atom. The van der Waals surface area contributed by atoms with Crippen LogP contribution in [0, 0.1) is 12.8 Å². The summed E-state index contributed by atoms with van der Waals surface area (Å²) < 4.78 is 5.09. The monoisotopic (exact) mass is 324 g/mol. The van der Waals surface area contributed by atoms with Gasteiger partial charge in [-0.15, -0.1) is 0 Å². The van der Waals surface area contributed by atoms with Crippen LogP contribution in [0.3, 0.4) is 0 Å². The maximum atomic E-state index is 12.3. The number of ether oxygens (including phenoxy) is 1. The highest BCUT2D eigenvalue weighted by Crippen LogP contribution is 2.31. The predicted molar refractivity (Wildman–Crippen MR) is 93.5 cm³/mol. The van der Waals surface area contributed by atoms with E-state index in [4.69, 9.17) is 4.74 Å². The van der Waals surface area contributed by atoms with Crippen molar-refractivity contribution in [3.05, 3.63) is 53.6 Å². The summed E-state index contributed by atoms with van der Waals surface area (Å²) in [5, 5.41) is 5.78. The Bertz CT molecular complexity index is 765. The van der Waals surface area contributed by atoms with Crippen molar-refractivity contribution in [3.63, 3.8) is 0 Å². The Hall–Kier alpha value is -2.82. The molecule has 2 aromatic rings. The summed E-state index contributed by atoms with van der Waals surface area (Å²) in [6.07, 6.45) is 1.91. The minimum Gasteiger partial charge on any atom is -0.497 e. The van der Waals surface area contributed by atoms with Crippen LogP contribution in [-0.4, -0.2) is 18.9 Å². The molecule has 0 radical (unpaired) electrons. The highest BCUT2D eigenvalue weighted by Gasteiger charge is 2.29. The molecule has 2 aromatic carbocycles. The number of anilines is 2. The first-order valence-corrected chi connectivity index (χ1v) is 7.94. The van der Waals surface area contributed by atoms with Gasteiger partial charge in [0.15, 0.2) is 0 Å².